The molecule has 1 aromatic carbocycles. The Morgan fingerprint density at radius 3 is 2.66 bits per heavy atom. The molecular weight excluding hydrogens is 442 g/mol. The largest absolute Gasteiger partial charge is 0.469 e. The summed E-state index contributed by atoms with van der Waals surface area (Å²) < 4.78 is 7.08. The van der Waals surface area contributed by atoms with Crippen LogP contribution in [-0.4, -0.2) is 39.6 Å². The molecule has 1 atom stereocenters. The summed E-state index contributed by atoms with van der Waals surface area (Å²) in [5, 5.41) is 3.11. The summed E-state index contributed by atoms with van der Waals surface area (Å²) in [5.74, 6) is 1.25. The SMILES string of the molecule is CC(Cc1ccco1)NC(=O)C1CCN(c2nc3cccnc3n(Cc3ccccc3)c2=O)CC1. The Labute approximate surface area is 203 Å². The Bertz CT molecular complexity index is 1340. The third-order valence-corrected chi connectivity index (χ3v) is 6.51. The molecule has 4 heterocycles. The molecule has 8 nitrogen and oxygen atoms in total. The van der Waals surface area contributed by atoms with Gasteiger partial charge in [0, 0.05) is 37.7 Å². The van der Waals surface area contributed by atoms with Crippen LogP contribution in [0.2, 0.25) is 0 Å². The number of aromatic nitrogens is 3. The first kappa shape index (κ1) is 22.8. The van der Waals surface area contributed by atoms with Crippen LogP contribution in [0, 0.1) is 5.92 Å². The quantitative estimate of drug-likeness (QED) is 0.444. The molecule has 5 rings (SSSR count). The van der Waals surface area contributed by atoms with Gasteiger partial charge in [0.25, 0.3) is 5.56 Å². The molecule has 180 valence electrons. The third kappa shape index (κ3) is 5.11. The predicted octanol–water partition coefficient (Wildman–Crippen LogP) is 3.40. The molecule has 1 unspecified atom stereocenters. The Kier molecular flexibility index (Phi) is 6.61. The normalized spacial score (nSPS) is 15.3. The van der Waals surface area contributed by atoms with Gasteiger partial charge >= 0.3 is 0 Å². The Morgan fingerprint density at radius 1 is 1.11 bits per heavy atom. The van der Waals surface area contributed by atoms with Crippen LogP contribution in [0.3, 0.4) is 0 Å². The number of pyridine rings is 1. The summed E-state index contributed by atoms with van der Waals surface area (Å²) in [6.07, 6.45) is 5.33. The molecule has 0 bridgehead atoms. The van der Waals surface area contributed by atoms with E-state index in [1.165, 1.54) is 0 Å². The number of hydrogen-bond acceptors (Lipinski definition) is 6. The summed E-state index contributed by atoms with van der Waals surface area (Å²) in [5.41, 5.74) is 2.13. The summed E-state index contributed by atoms with van der Waals surface area (Å²) in [6.45, 7) is 3.61. The molecule has 35 heavy (non-hydrogen) atoms. The molecule has 0 saturated carbocycles. The van der Waals surface area contributed by atoms with Crippen molar-refractivity contribution in [2.45, 2.75) is 38.8 Å². The lowest BCUT2D eigenvalue weighted by Crippen LogP contribution is -2.45. The zero-order chi connectivity index (χ0) is 24.2. The van der Waals surface area contributed by atoms with Crippen LogP contribution < -0.4 is 15.8 Å². The maximum atomic E-state index is 13.5. The maximum absolute atomic E-state index is 13.5. The number of piperidine rings is 1. The number of rotatable bonds is 7. The van der Waals surface area contributed by atoms with Gasteiger partial charge < -0.3 is 14.6 Å². The van der Waals surface area contributed by atoms with E-state index in [1.54, 1.807) is 17.0 Å². The van der Waals surface area contributed by atoms with Gasteiger partial charge in [-0.25, -0.2) is 9.97 Å². The number of nitrogens with one attached hydrogen (secondary N) is 1. The minimum atomic E-state index is -0.157. The van der Waals surface area contributed by atoms with Crippen LogP contribution in [0.25, 0.3) is 11.2 Å². The van der Waals surface area contributed by atoms with Crippen molar-refractivity contribution < 1.29 is 9.21 Å². The van der Waals surface area contributed by atoms with Crippen LogP contribution in [-0.2, 0) is 17.8 Å². The highest BCUT2D eigenvalue weighted by Crippen LogP contribution is 2.22. The van der Waals surface area contributed by atoms with Crippen molar-refractivity contribution >= 4 is 22.9 Å². The monoisotopic (exact) mass is 471 g/mol. The van der Waals surface area contributed by atoms with Crippen molar-refractivity contribution in [3.05, 3.63) is 88.7 Å². The van der Waals surface area contributed by atoms with Crippen LogP contribution in [0.15, 0.2) is 76.3 Å². The maximum Gasteiger partial charge on any atom is 0.295 e. The average Bonchev–Trinajstić information content (AvgIpc) is 3.39. The van der Waals surface area contributed by atoms with Gasteiger partial charge in [-0.05, 0) is 49.6 Å². The van der Waals surface area contributed by atoms with Gasteiger partial charge in [-0.3, -0.25) is 14.2 Å². The molecule has 8 heteroatoms. The minimum absolute atomic E-state index is 0.00785. The molecule has 1 saturated heterocycles. The van der Waals surface area contributed by atoms with Gasteiger partial charge in [0.2, 0.25) is 5.91 Å². The highest BCUT2D eigenvalue weighted by Gasteiger charge is 2.28. The Morgan fingerprint density at radius 2 is 1.91 bits per heavy atom. The van der Waals surface area contributed by atoms with Gasteiger partial charge in [-0.2, -0.15) is 0 Å². The molecule has 1 N–H and O–H groups in total. The topological polar surface area (TPSA) is 93.3 Å². The number of fused-ring (bicyclic) bond motifs is 1. The van der Waals surface area contributed by atoms with Crippen molar-refractivity contribution in [3.8, 4) is 0 Å². The predicted molar refractivity (Wildman–Crippen MR) is 134 cm³/mol. The van der Waals surface area contributed by atoms with Crippen molar-refractivity contribution in [1.82, 2.24) is 19.9 Å². The smallest absolute Gasteiger partial charge is 0.295 e. The number of furan rings is 1. The van der Waals surface area contributed by atoms with E-state index in [-0.39, 0.29) is 23.4 Å². The molecular formula is C27H29N5O3. The highest BCUT2D eigenvalue weighted by molar-refractivity contribution is 5.79. The highest BCUT2D eigenvalue weighted by atomic mass is 16.3. The number of carbonyl (C=O) groups excluding carboxylic acids is 1. The van der Waals surface area contributed by atoms with E-state index in [1.807, 2.05) is 66.4 Å². The second-order valence-corrected chi connectivity index (χ2v) is 9.11. The number of benzene rings is 1. The van der Waals surface area contributed by atoms with Crippen molar-refractivity contribution in [2.75, 3.05) is 18.0 Å². The zero-order valence-corrected chi connectivity index (χ0v) is 19.8. The summed E-state index contributed by atoms with van der Waals surface area (Å²) in [6, 6.07) is 17.3. The molecule has 1 fully saturated rings. The fraction of sp³-hybridized carbons (Fsp3) is 0.333. The van der Waals surface area contributed by atoms with E-state index in [2.05, 4.69) is 15.3 Å². The number of carbonyl (C=O) groups is 1. The number of nitrogens with zero attached hydrogens (tertiary/aromatic N) is 4. The van der Waals surface area contributed by atoms with Crippen LogP contribution in [0.1, 0.15) is 31.1 Å². The number of amides is 1. The first-order chi connectivity index (χ1) is 17.1. The Balaban J connectivity index is 1.30. The third-order valence-electron chi connectivity index (χ3n) is 6.51. The second kappa shape index (κ2) is 10.1. The fourth-order valence-corrected chi connectivity index (χ4v) is 4.68. The standard InChI is InChI=1S/C27H29N5O3/c1-19(17-22-9-6-16-35-22)29-26(33)21-11-14-31(15-12-21)25-27(34)32(18-20-7-3-2-4-8-20)24-23(30-25)10-5-13-28-24/h2-10,13,16,19,21H,11-12,14-15,17-18H2,1H3,(H,29,33). The molecule has 3 aromatic heterocycles. The molecule has 0 aliphatic carbocycles. The van der Waals surface area contributed by atoms with Crippen LogP contribution in [0.4, 0.5) is 5.82 Å². The molecule has 1 aliphatic heterocycles. The van der Waals surface area contributed by atoms with Gasteiger partial charge in [-0.1, -0.05) is 30.3 Å². The Hall–Kier alpha value is -3.94. The number of hydrogen-bond donors (Lipinski definition) is 1. The van der Waals surface area contributed by atoms with E-state index in [0.29, 0.717) is 55.9 Å². The average molecular weight is 472 g/mol. The molecule has 1 aliphatic rings. The van der Waals surface area contributed by atoms with Crippen molar-refractivity contribution in [3.63, 3.8) is 0 Å². The molecule has 4 aromatic rings. The lowest BCUT2D eigenvalue weighted by Gasteiger charge is -2.32. The van der Waals surface area contributed by atoms with E-state index in [0.717, 1.165) is 11.3 Å². The lowest BCUT2D eigenvalue weighted by molar-refractivity contribution is -0.126. The first-order valence-electron chi connectivity index (χ1n) is 12.1. The molecule has 1 amide bonds. The summed E-state index contributed by atoms with van der Waals surface area (Å²) in [4.78, 5) is 37.5. The summed E-state index contributed by atoms with van der Waals surface area (Å²) >= 11 is 0. The van der Waals surface area contributed by atoms with E-state index in [9.17, 15) is 9.59 Å². The number of anilines is 1. The molecule has 0 radical (unpaired) electrons. The zero-order valence-electron chi connectivity index (χ0n) is 19.8. The lowest BCUT2D eigenvalue weighted by atomic mass is 9.95. The van der Waals surface area contributed by atoms with Gasteiger partial charge in [0.05, 0.1) is 12.8 Å². The fourth-order valence-electron chi connectivity index (χ4n) is 4.68. The van der Waals surface area contributed by atoms with Gasteiger partial charge in [0.1, 0.15) is 11.3 Å². The molecule has 0 spiro atoms. The van der Waals surface area contributed by atoms with E-state index in [4.69, 9.17) is 4.42 Å². The van der Waals surface area contributed by atoms with Crippen LogP contribution >= 0.6 is 0 Å². The first-order valence-corrected chi connectivity index (χ1v) is 12.1. The van der Waals surface area contributed by atoms with Crippen LogP contribution in [0.5, 0.6) is 0 Å². The minimum Gasteiger partial charge on any atom is -0.469 e. The van der Waals surface area contributed by atoms with E-state index >= 15 is 0 Å². The van der Waals surface area contributed by atoms with Crippen molar-refractivity contribution in [1.29, 1.82) is 0 Å². The summed E-state index contributed by atoms with van der Waals surface area (Å²) in [7, 11) is 0. The van der Waals surface area contributed by atoms with Gasteiger partial charge in [-0.15, -0.1) is 0 Å². The van der Waals surface area contributed by atoms with Gasteiger partial charge in [0.15, 0.2) is 11.5 Å². The van der Waals surface area contributed by atoms with E-state index < -0.39 is 0 Å². The van der Waals surface area contributed by atoms with Crippen molar-refractivity contribution in [2.24, 2.45) is 5.92 Å². The second-order valence-electron chi connectivity index (χ2n) is 9.11.